The molecule has 0 N–H and O–H groups in total. The fourth-order valence-corrected chi connectivity index (χ4v) is 3.81. The Balaban J connectivity index is 1.51. The Hall–Kier alpha value is -4.46. The SMILES string of the molecule is COc1ccc2c(COC(=O)c3cc(-c4ccc(C)cc4)nc4onc(C)c34)cc(=O)oc2c1. The second kappa shape index (κ2) is 8.47. The number of nitrogens with zero attached hydrogens (tertiary/aromatic N) is 2. The summed E-state index contributed by atoms with van der Waals surface area (Å²) in [7, 11) is 1.53. The Morgan fingerprint density at radius 1 is 1.03 bits per heavy atom. The van der Waals surface area contributed by atoms with E-state index in [-0.39, 0.29) is 17.9 Å². The molecule has 0 aliphatic rings. The van der Waals surface area contributed by atoms with E-state index in [9.17, 15) is 9.59 Å². The maximum absolute atomic E-state index is 13.2. The van der Waals surface area contributed by atoms with Gasteiger partial charge in [-0.05, 0) is 32.0 Å². The fraction of sp³-hybridized carbons (Fsp3) is 0.154. The van der Waals surface area contributed by atoms with Crippen LogP contribution >= 0.6 is 0 Å². The summed E-state index contributed by atoms with van der Waals surface area (Å²) in [5, 5.41) is 5.10. The van der Waals surface area contributed by atoms with Crippen molar-refractivity contribution in [1.29, 1.82) is 0 Å². The van der Waals surface area contributed by atoms with Gasteiger partial charge in [-0.2, -0.15) is 0 Å². The number of esters is 1. The number of methoxy groups -OCH3 is 1. The highest BCUT2D eigenvalue weighted by Gasteiger charge is 2.21. The molecule has 0 saturated carbocycles. The Morgan fingerprint density at radius 3 is 2.59 bits per heavy atom. The predicted molar refractivity (Wildman–Crippen MR) is 125 cm³/mol. The molecule has 34 heavy (non-hydrogen) atoms. The van der Waals surface area contributed by atoms with E-state index < -0.39 is 11.6 Å². The summed E-state index contributed by atoms with van der Waals surface area (Å²) >= 11 is 0. The lowest BCUT2D eigenvalue weighted by molar-refractivity contribution is 0.0476. The third-order valence-corrected chi connectivity index (χ3v) is 5.58. The monoisotopic (exact) mass is 456 g/mol. The number of carbonyl (C=O) groups is 1. The molecule has 3 heterocycles. The van der Waals surface area contributed by atoms with Crippen LogP contribution in [0.2, 0.25) is 0 Å². The maximum atomic E-state index is 13.2. The van der Waals surface area contributed by atoms with E-state index in [2.05, 4.69) is 10.1 Å². The second-order valence-electron chi connectivity index (χ2n) is 7.90. The van der Waals surface area contributed by atoms with Crippen LogP contribution in [0.15, 0.2) is 68.3 Å². The molecule has 0 atom stereocenters. The zero-order valence-electron chi connectivity index (χ0n) is 18.7. The van der Waals surface area contributed by atoms with Crippen LogP contribution in [0.25, 0.3) is 33.3 Å². The van der Waals surface area contributed by atoms with E-state index in [4.69, 9.17) is 18.4 Å². The summed E-state index contributed by atoms with van der Waals surface area (Å²) in [6.45, 7) is 3.60. The van der Waals surface area contributed by atoms with Crippen LogP contribution in [-0.4, -0.2) is 23.2 Å². The van der Waals surface area contributed by atoms with Crippen molar-refractivity contribution in [2.45, 2.75) is 20.5 Å². The van der Waals surface area contributed by atoms with Crippen molar-refractivity contribution in [3.8, 4) is 17.0 Å². The number of hydrogen-bond acceptors (Lipinski definition) is 8. The first-order chi connectivity index (χ1) is 16.4. The van der Waals surface area contributed by atoms with Gasteiger partial charge in [0.05, 0.1) is 29.4 Å². The highest BCUT2D eigenvalue weighted by atomic mass is 16.5. The number of pyridine rings is 1. The molecule has 2 aromatic carbocycles. The highest BCUT2D eigenvalue weighted by molar-refractivity contribution is 6.04. The highest BCUT2D eigenvalue weighted by Crippen LogP contribution is 2.29. The van der Waals surface area contributed by atoms with Gasteiger partial charge in [-0.3, -0.25) is 0 Å². The normalized spacial score (nSPS) is 11.1. The molecular formula is C26H20N2O6. The smallest absolute Gasteiger partial charge is 0.339 e. The molecule has 8 nitrogen and oxygen atoms in total. The van der Waals surface area contributed by atoms with Crippen molar-refractivity contribution in [2.75, 3.05) is 7.11 Å². The molecule has 5 aromatic rings. The number of rotatable bonds is 5. The van der Waals surface area contributed by atoms with Crippen LogP contribution in [-0.2, 0) is 11.3 Å². The summed E-state index contributed by atoms with van der Waals surface area (Å²) in [5.41, 5.74) is 3.89. The number of fused-ring (bicyclic) bond motifs is 2. The first kappa shape index (κ1) is 21.4. The van der Waals surface area contributed by atoms with E-state index in [0.717, 1.165) is 11.1 Å². The molecule has 0 unspecified atom stereocenters. The molecule has 0 radical (unpaired) electrons. The van der Waals surface area contributed by atoms with E-state index in [0.29, 0.717) is 39.1 Å². The summed E-state index contributed by atoms with van der Waals surface area (Å²) < 4.78 is 21.4. The second-order valence-corrected chi connectivity index (χ2v) is 7.90. The largest absolute Gasteiger partial charge is 0.497 e. The summed E-state index contributed by atoms with van der Waals surface area (Å²) in [5.74, 6) is -0.0301. The molecule has 0 saturated heterocycles. The number of carbonyl (C=O) groups excluding carboxylic acids is 1. The zero-order valence-corrected chi connectivity index (χ0v) is 18.7. The molecule has 3 aromatic heterocycles. The molecule has 0 spiro atoms. The molecule has 5 rings (SSSR count). The molecule has 0 amide bonds. The average molecular weight is 456 g/mol. The molecule has 8 heteroatoms. The van der Waals surface area contributed by atoms with Crippen LogP contribution in [0.5, 0.6) is 5.75 Å². The molecular weight excluding hydrogens is 436 g/mol. The van der Waals surface area contributed by atoms with Gasteiger partial charge in [0.25, 0.3) is 5.71 Å². The van der Waals surface area contributed by atoms with Gasteiger partial charge in [-0.1, -0.05) is 35.0 Å². The Kier molecular flexibility index (Phi) is 5.33. The van der Waals surface area contributed by atoms with E-state index in [1.807, 2.05) is 31.2 Å². The van der Waals surface area contributed by atoms with Crippen molar-refractivity contribution < 1.29 is 23.2 Å². The van der Waals surface area contributed by atoms with E-state index >= 15 is 0 Å². The topological polar surface area (TPSA) is 105 Å². The Morgan fingerprint density at radius 2 is 1.82 bits per heavy atom. The minimum atomic E-state index is -0.582. The van der Waals surface area contributed by atoms with Gasteiger partial charge in [0.1, 0.15) is 17.9 Å². The lowest BCUT2D eigenvalue weighted by Crippen LogP contribution is -2.09. The minimum absolute atomic E-state index is 0.124. The first-order valence-electron chi connectivity index (χ1n) is 10.5. The summed E-state index contributed by atoms with van der Waals surface area (Å²) in [4.78, 5) is 29.8. The van der Waals surface area contributed by atoms with Crippen LogP contribution < -0.4 is 10.4 Å². The average Bonchev–Trinajstić information content (AvgIpc) is 3.22. The van der Waals surface area contributed by atoms with Crippen molar-refractivity contribution in [1.82, 2.24) is 10.1 Å². The van der Waals surface area contributed by atoms with Gasteiger partial charge in [0.2, 0.25) is 0 Å². The van der Waals surface area contributed by atoms with Crippen molar-refractivity contribution in [2.24, 2.45) is 0 Å². The molecule has 0 aliphatic carbocycles. The number of benzene rings is 2. The predicted octanol–water partition coefficient (Wildman–Crippen LogP) is 4.98. The van der Waals surface area contributed by atoms with Crippen LogP contribution in [0.1, 0.15) is 27.2 Å². The Labute approximate surface area is 193 Å². The standard InChI is InChI=1S/C26H20N2O6/c1-14-4-6-16(7-5-14)21-12-20(24-15(2)28-34-25(24)27-21)26(30)32-13-17-10-23(29)33-22-11-18(31-3)8-9-19(17)22/h4-12H,13H2,1-3H3. The minimum Gasteiger partial charge on any atom is -0.497 e. The van der Waals surface area contributed by atoms with Gasteiger partial charge in [-0.15, -0.1) is 0 Å². The molecule has 0 fully saturated rings. The molecule has 170 valence electrons. The number of ether oxygens (including phenoxy) is 2. The lowest BCUT2D eigenvalue weighted by atomic mass is 10.0. The third kappa shape index (κ3) is 3.90. The van der Waals surface area contributed by atoms with Gasteiger partial charge in [0, 0.05) is 28.6 Å². The van der Waals surface area contributed by atoms with Crippen molar-refractivity contribution in [3.05, 3.63) is 87.4 Å². The number of hydrogen-bond donors (Lipinski definition) is 0. The quantitative estimate of drug-likeness (QED) is 0.269. The van der Waals surface area contributed by atoms with Gasteiger partial charge in [-0.25, -0.2) is 14.6 Å². The zero-order chi connectivity index (χ0) is 23.8. The maximum Gasteiger partial charge on any atom is 0.339 e. The molecule has 0 aliphatic heterocycles. The van der Waals surface area contributed by atoms with Crippen LogP contribution in [0.4, 0.5) is 0 Å². The van der Waals surface area contributed by atoms with E-state index in [1.165, 1.54) is 13.2 Å². The van der Waals surface area contributed by atoms with Gasteiger partial charge in [0.15, 0.2) is 0 Å². The Bertz CT molecular complexity index is 1600. The lowest BCUT2D eigenvalue weighted by Gasteiger charge is -2.10. The fourth-order valence-electron chi connectivity index (χ4n) is 3.81. The number of aromatic nitrogens is 2. The van der Waals surface area contributed by atoms with Crippen molar-refractivity contribution in [3.63, 3.8) is 0 Å². The van der Waals surface area contributed by atoms with Crippen molar-refractivity contribution >= 4 is 28.0 Å². The summed E-state index contributed by atoms with van der Waals surface area (Å²) in [6.07, 6.45) is 0. The summed E-state index contributed by atoms with van der Waals surface area (Å²) in [6, 6.07) is 15.9. The van der Waals surface area contributed by atoms with Crippen LogP contribution in [0.3, 0.4) is 0 Å². The van der Waals surface area contributed by atoms with Gasteiger partial charge < -0.3 is 18.4 Å². The van der Waals surface area contributed by atoms with Gasteiger partial charge >= 0.3 is 11.6 Å². The molecule has 0 bridgehead atoms. The third-order valence-electron chi connectivity index (χ3n) is 5.58. The first-order valence-corrected chi connectivity index (χ1v) is 10.5. The van der Waals surface area contributed by atoms with Crippen LogP contribution in [0, 0.1) is 13.8 Å². The number of aryl methyl sites for hydroxylation is 2. The van der Waals surface area contributed by atoms with E-state index in [1.54, 1.807) is 31.2 Å².